The number of morpholine rings is 1. The van der Waals surface area contributed by atoms with E-state index in [0.717, 1.165) is 35.4 Å². The van der Waals surface area contributed by atoms with Gasteiger partial charge in [-0.25, -0.2) is 0 Å². The lowest BCUT2D eigenvalue weighted by molar-refractivity contribution is 0.122. The Balaban J connectivity index is 1.74. The minimum atomic E-state index is 0.306. The Labute approximate surface area is 168 Å². The molecule has 0 saturated carbocycles. The standard InChI is InChI=1S/C20H25N7O2/c1-22-6-9-29-20-24-17(12-18(25-20)27-7-10-28-11-8-27)19(26-21)15-13-23-16-5-3-2-4-14(15)16/h2-5,12-13,22-23H,6-11,21H2,1H3/b26-19-. The Morgan fingerprint density at radius 3 is 2.93 bits per heavy atom. The first-order valence-electron chi connectivity index (χ1n) is 9.64. The normalized spacial score (nSPS) is 15.1. The molecule has 0 aliphatic carbocycles. The van der Waals surface area contributed by atoms with Crippen molar-refractivity contribution < 1.29 is 9.47 Å². The highest BCUT2D eigenvalue weighted by Crippen LogP contribution is 2.24. The molecule has 2 aromatic heterocycles. The van der Waals surface area contributed by atoms with E-state index in [1.54, 1.807) is 0 Å². The van der Waals surface area contributed by atoms with Crippen molar-refractivity contribution >= 4 is 22.4 Å². The highest BCUT2D eigenvalue weighted by atomic mass is 16.5. The van der Waals surface area contributed by atoms with Crippen LogP contribution in [-0.2, 0) is 4.74 Å². The monoisotopic (exact) mass is 395 g/mol. The summed E-state index contributed by atoms with van der Waals surface area (Å²) >= 11 is 0. The number of hydrazone groups is 1. The maximum Gasteiger partial charge on any atom is 0.319 e. The van der Waals surface area contributed by atoms with Crippen molar-refractivity contribution in [1.82, 2.24) is 20.3 Å². The molecule has 3 aromatic rings. The van der Waals surface area contributed by atoms with Gasteiger partial charge < -0.3 is 30.5 Å². The van der Waals surface area contributed by atoms with Crippen LogP contribution in [0.25, 0.3) is 10.9 Å². The molecule has 0 unspecified atom stereocenters. The maximum absolute atomic E-state index is 5.82. The lowest BCUT2D eigenvalue weighted by Gasteiger charge is -2.28. The molecule has 0 atom stereocenters. The Hall–Kier alpha value is -3.17. The van der Waals surface area contributed by atoms with Crippen LogP contribution in [0.2, 0.25) is 0 Å². The largest absolute Gasteiger partial charge is 0.462 e. The quantitative estimate of drug-likeness (QED) is 0.238. The summed E-state index contributed by atoms with van der Waals surface area (Å²) in [6.45, 7) is 4.00. The lowest BCUT2D eigenvalue weighted by Crippen LogP contribution is -2.37. The number of fused-ring (bicyclic) bond motifs is 1. The molecule has 152 valence electrons. The van der Waals surface area contributed by atoms with Gasteiger partial charge in [0, 0.05) is 48.4 Å². The molecule has 1 aromatic carbocycles. The zero-order valence-corrected chi connectivity index (χ0v) is 16.4. The SMILES string of the molecule is CNCCOc1nc(/C(=N\N)c2c[nH]c3ccccc23)cc(N2CCOCC2)n1. The summed E-state index contributed by atoms with van der Waals surface area (Å²) in [7, 11) is 1.87. The fourth-order valence-corrected chi connectivity index (χ4v) is 3.34. The van der Waals surface area contributed by atoms with Crippen LogP contribution in [0.1, 0.15) is 11.3 Å². The molecule has 0 radical (unpaired) electrons. The molecule has 1 saturated heterocycles. The van der Waals surface area contributed by atoms with Crippen molar-refractivity contribution in [3.8, 4) is 6.01 Å². The third kappa shape index (κ3) is 4.15. The topological polar surface area (TPSA) is 114 Å². The molecule has 1 aliphatic rings. The van der Waals surface area contributed by atoms with Crippen LogP contribution in [0.15, 0.2) is 41.6 Å². The summed E-state index contributed by atoms with van der Waals surface area (Å²) in [6.07, 6.45) is 1.90. The number of anilines is 1. The number of H-pyrrole nitrogens is 1. The molecule has 9 nitrogen and oxygen atoms in total. The first-order valence-corrected chi connectivity index (χ1v) is 9.64. The number of nitrogens with two attached hydrogens (primary N) is 1. The highest BCUT2D eigenvalue weighted by molar-refractivity contribution is 6.18. The van der Waals surface area contributed by atoms with Crippen molar-refractivity contribution in [2.24, 2.45) is 10.9 Å². The number of aromatic amines is 1. The number of hydrogen-bond acceptors (Lipinski definition) is 8. The fourth-order valence-electron chi connectivity index (χ4n) is 3.34. The predicted octanol–water partition coefficient (Wildman–Crippen LogP) is 1.10. The van der Waals surface area contributed by atoms with Gasteiger partial charge in [-0.3, -0.25) is 0 Å². The second-order valence-corrected chi connectivity index (χ2v) is 6.67. The molecular weight excluding hydrogens is 370 g/mol. The van der Waals surface area contributed by atoms with Gasteiger partial charge in [-0.1, -0.05) is 18.2 Å². The summed E-state index contributed by atoms with van der Waals surface area (Å²) in [5.41, 5.74) is 3.10. The van der Waals surface area contributed by atoms with Gasteiger partial charge in [-0.05, 0) is 13.1 Å². The maximum atomic E-state index is 5.82. The van der Waals surface area contributed by atoms with E-state index < -0.39 is 0 Å². The molecule has 4 rings (SSSR count). The molecule has 9 heteroatoms. The van der Waals surface area contributed by atoms with E-state index >= 15 is 0 Å². The first kappa shape index (κ1) is 19.2. The summed E-state index contributed by atoms with van der Waals surface area (Å²) in [5, 5.41) is 8.15. The minimum absolute atomic E-state index is 0.306. The van der Waals surface area contributed by atoms with Gasteiger partial charge in [-0.2, -0.15) is 15.1 Å². The van der Waals surface area contributed by atoms with Gasteiger partial charge in [0.2, 0.25) is 0 Å². The summed E-state index contributed by atoms with van der Waals surface area (Å²) in [4.78, 5) is 14.6. The van der Waals surface area contributed by atoms with Crippen molar-refractivity contribution in [3.05, 3.63) is 47.8 Å². The molecule has 4 N–H and O–H groups in total. The number of rotatable bonds is 7. The van der Waals surface area contributed by atoms with E-state index in [1.165, 1.54) is 0 Å². The van der Waals surface area contributed by atoms with Crippen LogP contribution < -0.4 is 20.8 Å². The smallest absolute Gasteiger partial charge is 0.319 e. The number of benzene rings is 1. The van der Waals surface area contributed by atoms with Crippen LogP contribution in [0.5, 0.6) is 6.01 Å². The van der Waals surface area contributed by atoms with Crippen molar-refractivity contribution in [2.45, 2.75) is 0 Å². The molecule has 1 aliphatic heterocycles. The van der Waals surface area contributed by atoms with Gasteiger partial charge in [-0.15, -0.1) is 0 Å². The Morgan fingerprint density at radius 2 is 2.14 bits per heavy atom. The Morgan fingerprint density at radius 1 is 1.31 bits per heavy atom. The van der Waals surface area contributed by atoms with E-state index in [9.17, 15) is 0 Å². The average Bonchev–Trinajstić information content (AvgIpc) is 3.19. The minimum Gasteiger partial charge on any atom is -0.462 e. The van der Waals surface area contributed by atoms with Gasteiger partial charge in [0.1, 0.15) is 23.8 Å². The van der Waals surface area contributed by atoms with Gasteiger partial charge in [0.25, 0.3) is 0 Å². The number of para-hydroxylation sites is 1. The number of ether oxygens (including phenoxy) is 2. The molecule has 29 heavy (non-hydrogen) atoms. The number of likely N-dealkylation sites (N-methyl/N-ethyl adjacent to an activating group) is 1. The van der Waals surface area contributed by atoms with E-state index in [1.807, 2.05) is 43.6 Å². The lowest BCUT2D eigenvalue weighted by atomic mass is 10.1. The Kier molecular flexibility index (Phi) is 5.87. The molecule has 1 fully saturated rings. The third-order valence-corrected chi connectivity index (χ3v) is 4.83. The second kappa shape index (κ2) is 8.89. The van der Waals surface area contributed by atoms with Crippen LogP contribution in [0.4, 0.5) is 5.82 Å². The van der Waals surface area contributed by atoms with E-state index in [2.05, 4.69) is 30.3 Å². The first-order chi connectivity index (χ1) is 14.3. The van der Waals surface area contributed by atoms with Crippen LogP contribution in [-0.4, -0.2) is 67.2 Å². The fraction of sp³-hybridized carbons (Fsp3) is 0.350. The number of nitrogens with zero attached hydrogens (tertiary/aromatic N) is 4. The van der Waals surface area contributed by atoms with Crippen molar-refractivity contribution in [3.63, 3.8) is 0 Å². The van der Waals surface area contributed by atoms with Crippen molar-refractivity contribution in [1.29, 1.82) is 0 Å². The highest BCUT2D eigenvalue weighted by Gasteiger charge is 2.20. The molecule has 0 spiro atoms. The molecule has 3 heterocycles. The van der Waals surface area contributed by atoms with E-state index in [-0.39, 0.29) is 0 Å². The number of nitrogens with one attached hydrogen (secondary N) is 2. The van der Waals surface area contributed by atoms with Gasteiger partial charge >= 0.3 is 6.01 Å². The van der Waals surface area contributed by atoms with Crippen molar-refractivity contribution in [2.75, 3.05) is 51.4 Å². The summed E-state index contributed by atoms with van der Waals surface area (Å²) in [5.74, 6) is 6.59. The zero-order chi connectivity index (χ0) is 20.1. The molecular formula is C20H25N7O2. The van der Waals surface area contributed by atoms with Gasteiger partial charge in [0.15, 0.2) is 0 Å². The molecule has 0 amide bonds. The predicted molar refractivity (Wildman–Crippen MR) is 113 cm³/mol. The summed E-state index contributed by atoms with van der Waals surface area (Å²) < 4.78 is 11.2. The zero-order valence-electron chi connectivity index (χ0n) is 16.4. The number of hydrogen-bond donors (Lipinski definition) is 3. The van der Waals surface area contributed by atoms with Crippen LogP contribution in [0.3, 0.4) is 0 Å². The van der Waals surface area contributed by atoms with E-state index in [4.69, 9.17) is 15.3 Å². The summed E-state index contributed by atoms with van der Waals surface area (Å²) in [6, 6.07) is 10.2. The van der Waals surface area contributed by atoms with Gasteiger partial charge in [0.05, 0.1) is 13.2 Å². The Bertz CT molecular complexity index is 995. The third-order valence-electron chi connectivity index (χ3n) is 4.83. The van der Waals surface area contributed by atoms with Crippen LogP contribution in [0, 0.1) is 0 Å². The number of aromatic nitrogens is 3. The molecule has 0 bridgehead atoms. The van der Waals surface area contributed by atoms with Crippen LogP contribution >= 0.6 is 0 Å². The van der Waals surface area contributed by atoms with E-state index in [0.29, 0.717) is 43.8 Å². The average molecular weight is 395 g/mol. The second-order valence-electron chi connectivity index (χ2n) is 6.67.